The lowest BCUT2D eigenvalue weighted by molar-refractivity contribution is -0.132. The van der Waals surface area contributed by atoms with Crippen molar-refractivity contribution in [2.75, 3.05) is 5.32 Å². The molecule has 0 bridgehead atoms. The standard InChI is InChI=1S/C31H31N3O3/c1-20-12-14-24(15-13-20)29-28(23-16-18-26(19-17-23)32-30(36)25-9-5-6-10-25)31(37-22(3)35)34(33-29)27-11-7-4-8-21(27)2/h4,7-8,11-19,25H,5-6,9-10H2,1-3H3,(H,32,36). The minimum absolute atomic E-state index is 0.0820. The molecule has 0 saturated heterocycles. The molecule has 6 heteroatoms. The number of hydrogen-bond donors (Lipinski definition) is 1. The summed E-state index contributed by atoms with van der Waals surface area (Å²) in [6.07, 6.45) is 4.13. The number of nitrogens with zero attached hydrogens (tertiary/aromatic N) is 2. The van der Waals surface area contributed by atoms with Crippen LogP contribution in [0, 0.1) is 19.8 Å². The van der Waals surface area contributed by atoms with Gasteiger partial charge >= 0.3 is 5.97 Å². The van der Waals surface area contributed by atoms with Gasteiger partial charge in [0.1, 0.15) is 5.69 Å². The predicted molar refractivity (Wildman–Crippen MR) is 146 cm³/mol. The smallest absolute Gasteiger partial charge is 0.309 e. The van der Waals surface area contributed by atoms with Crippen molar-refractivity contribution >= 4 is 17.6 Å². The van der Waals surface area contributed by atoms with Gasteiger partial charge in [0, 0.05) is 24.1 Å². The third-order valence-electron chi connectivity index (χ3n) is 6.92. The molecule has 5 rings (SSSR count). The van der Waals surface area contributed by atoms with Crippen LogP contribution >= 0.6 is 0 Å². The summed E-state index contributed by atoms with van der Waals surface area (Å²) in [5.74, 6) is 0.112. The van der Waals surface area contributed by atoms with Crippen molar-refractivity contribution in [3.05, 3.63) is 83.9 Å². The van der Waals surface area contributed by atoms with Gasteiger partial charge in [-0.2, -0.15) is 9.78 Å². The fourth-order valence-corrected chi connectivity index (χ4v) is 4.92. The Labute approximate surface area is 217 Å². The number of hydrogen-bond acceptors (Lipinski definition) is 4. The van der Waals surface area contributed by atoms with Crippen molar-refractivity contribution in [2.24, 2.45) is 5.92 Å². The lowest BCUT2D eigenvalue weighted by Crippen LogP contribution is -2.20. The monoisotopic (exact) mass is 493 g/mol. The van der Waals surface area contributed by atoms with Crippen LogP contribution in [0.15, 0.2) is 72.8 Å². The molecule has 0 aliphatic heterocycles. The summed E-state index contributed by atoms with van der Waals surface area (Å²) in [5, 5.41) is 8.02. The van der Waals surface area contributed by atoms with Gasteiger partial charge in [-0.15, -0.1) is 0 Å². The number of carbonyl (C=O) groups is 2. The highest BCUT2D eigenvalue weighted by Crippen LogP contribution is 2.41. The molecule has 1 saturated carbocycles. The maximum absolute atomic E-state index is 12.6. The molecule has 1 amide bonds. The van der Waals surface area contributed by atoms with E-state index in [-0.39, 0.29) is 11.8 Å². The van der Waals surface area contributed by atoms with E-state index in [1.807, 2.05) is 86.6 Å². The fourth-order valence-electron chi connectivity index (χ4n) is 4.92. The number of rotatable bonds is 6. The number of aromatic nitrogens is 2. The van der Waals surface area contributed by atoms with E-state index in [9.17, 15) is 9.59 Å². The summed E-state index contributed by atoms with van der Waals surface area (Å²) in [6, 6.07) is 23.7. The Bertz CT molecular complexity index is 1430. The van der Waals surface area contributed by atoms with Crippen LogP contribution in [0.2, 0.25) is 0 Å². The van der Waals surface area contributed by atoms with E-state index in [2.05, 4.69) is 5.32 Å². The van der Waals surface area contributed by atoms with Crippen LogP contribution in [-0.4, -0.2) is 21.7 Å². The van der Waals surface area contributed by atoms with Crippen LogP contribution in [0.1, 0.15) is 43.7 Å². The van der Waals surface area contributed by atoms with Crippen LogP contribution in [0.5, 0.6) is 5.88 Å². The third-order valence-corrected chi connectivity index (χ3v) is 6.92. The van der Waals surface area contributed by atoms with E-state index < -0.39 is 5.97 Å². The molecule has 6 nitrogen and oxygen atoms in total. The summed E-state index contributed by atoms with van der Waals surface area (Å²) >= 11 is 0. The first-order valence-corrected chi connectivity index (χ1v) is 12.8. The molecule has 1 aliphatic rings. The van der Waals surface area contributed by atoms with Gasteiger partial charge in [-0.1, -0.05) is 73.0 Å². The van der Waals surface area contributed by atoms with Gasteiger partial charge in [0.15, 0.2) is 0 Å². The summed E-state index contributed by atoms with van der Waals surface area (Å²) in [5.41, 5.74) is 6.91. The first-order chi connectivity index (χ1) is 17.9. The van der Waals surface area contributed by atoms with Crippen molar-refractivity contribution < 1.29 is 14.3 Å². The Morgan fingerprint density at radius 3 is 2.19 bits per heavy atom. The van der Waals surface area contributed by atoms with Crippen molar-refractivity contribution in [1.29, 1.82) is 0 Å². The molecule has 3 aromatic carbocycles. The average Bonchev–Trinajstić information content (AvgIpc) is 3.54. The van der Waals surface area contributed by atoms with Gasteiger partial charge in [-0.3, -0.25) is 9.59 Å². The SMILES string of the molecule is CC(=O)Oc1c(-c2ccc(NC(=O)C3CCCC3)cc2)c(-c2ccc(C)cc2)nn1-c1ccccc1C. The Balaban J connectivity index is 1.62. The number of benzene rings is 3. The largest absolute Gasteiger partial charge is 0.407 e. The first-order valence-electron chi connectivity index (χ1n) is 12.8. The van der Waals surface area contributed by atoms with Crippen molar-refractivity contribution in [1.82, 2.24) is 9.78 Å². The molecule has 0 spiro atoms. The van der Waals surface area contributed by atoms with E-state index in [0.717, 1.165) is 64.9 Å². The number of carbonyl (C=O) groups excluding carboxylic acids is 2. The number of para-hydroxylation sites is 1. The minimum atomic E-state index is -0.424. The lowest BCUT2D eigenvalue weighted by Gasteiger charge is -2.12. The lowest BCUT2D eigenvalue weighted by atomic mass is 10.00. The fraction of sp³-hybridized carbons (Fsp3) is 0.258. The Hall–Kier alpha value is -4.19. The highest BCUT2D eigenvalue weighted by Gasteiger charge is 2.26. The summed E-state index contributed by atoms with van der Waals surface area (Å²) in [7, 11) is 0. The van der Waals surface area contributed by atoms with E-state index in [0.29, 0.717) is 11.6 Å². The zero-order chi connectivity index (χ0) is 25.9. The van der Waals surface area contributed by atoms with Crippen molar-refractivity contribution in [3.8, 4) is 34.0 Å². The molecule has 1 N–H and O–H groups in total. The second-order valence-electron chi connectivity index (χ2n) is 9.73. The second-order valence-corrected chi connectivity index (χ2v) is 9.73. The molecule has 1 aromatic heterocycles. The summed E-state index contributed by atoms with van der Waals surface area (Å²) < 4.78 is 7.53. The highest BCUT2D eigenvalue weighted by molar-refractivity contribution is 5.93. The predicted octanol–water partition coefficient (Wildman–Crippen LogP) is 6.88. The molecule has 1 heterocycles. The topological polar surface area (TPSA) is 73.2 Å². The van der Waals surface area contributed by atoms with Gasteiger partial charge in [0.2, 0.25) is 11.8 Å². The van der Waals surface area contributed by atoms with Crippen molar-refractivity contribution in [3.63, 3.8) is 0 Å². The molecule has 1 fully saturated rings. The maximum atomic E-state index is 12.6. The van der Waals surface area contributed by atoms with E-state index in [1.165, 1.54) is 6.92 Å². The zero-order valence-electron chi connectivity index (χ0n) is 21.5. The van der Waals surface area contributed by atoms with Crippen LogP contribution in [-0.2, 0) is 9.59 Å². The number of esters is 1. The van der Waals surface area contributed by atoms with Crippen LogP contribution in [0.25, 0.3) is 28.1 Å². The minimum Gasteiger partial charge on any atom is -0.407 e. The van der Waals surface area contributed by atoms with Crippen LogP contribution < -0.4 is 10.1 Å². The molecule has 0 radical (unpaired) electrons. The normalized spacial score (nSPS) is 13.5. The summed E-state index contributed by atoms with van der Waals surface area (Å²) in [4.78, 5) is 24.9. The quantitative estimate of drug-likeness (QED) is 0.297. The number of nitrogens with one attached hydrogen (secondary N) is 1. The third kappa shape index (κ3) is 5.19. The molecule has 4 aromatic rings. The molecule has 188 valence electrons. The Morgan fingerprint density at radius 1 is 0.892 bits per heavy atom. The average molecular weight is 494 g/mol. The van der Waals surface area contributed by atoms with E-state index in [1.54, 1.807) is 4.68 Å². The van der Waals surface area contributed by atoms with Gasteiger partial charge in [0.25, 0.3) is 0 Å². The summed E-state index contributed by atoms with van der Waals surface area (Å²) in [6.45, 7) is 5.44. The second kappa shape index (κ2) is 10.4. The van der Waals surface area contributed by atoms with Gasteiger partial charge in [-0.25, -0.2) is 0 Å². The number of anilines is 1. The van der Waals surface area contributed by atoms with Crippen LogP contribution in [0.3, 0.4) is 0 Å². The van der Waals surface area contributed by atoms with E-state index in [4.69, 9.17) is 9.84 Å². The van der Waals surface area contributed by atoms with Gasteiger partial charge < -0.3 is 10.1 Å². The van der Waals surface area contributed by atoms with Crippen molar-refractivity contribution in [2.45, 2.75) is 46.5 Å². The number of ether oxygens (including phenoxy) is 1. The van der Waals surface area contributed by atoms with Crippen LogP contribution in [0.4, 0.5) is 5.69 Å². The molecule has 0 atom stereocenters. The Morgan fingerprint density at radius 2 is 1.54 bits per heavy atom. The first kappa shape index (κ1) is 24.5. The van der Waals surface area contributed by atoms with E-state index >= 15 is 0 Å². The maximum Gasteiger partial charge on any atom is 0.309 e. The van der Waals surface area contributed by atoms with Gasteiger partial charge in [0.05, 0.1) is 11.3 Å². The number of aryl methyl sites for hydroxylation is 2. The highest BCUT2D eigenvalue weighted by atomic mass is 16.5. The number of amides is 1. The van der Waals surface area contributed by atoms with Gasteiger partial charge in [-0.05, 0) is 56.0 Å². The molecule has 37 heavy (non-hydrogen) atoms. The zero-order valence-corrected chi connectivity index (χ0v) is 21.5. The molecule has 0 unspecified atom stereocenters. The molecular weight excluding hydrogens is 462 g/mol. The molecule has 1 aliphatic carbocycles. The molecular formula is C31H31N3O3. The Kier molecular flexibility index (Phi) is 6.91.